The van der Waals surface area contributed by atoms with Crippen LogP contribution in [-0.2, 0) is 6.54 Å². The average Bonchev–Trinajstić information content (AvgIpc) is 2.85. The first-order chi connectivity index (χ1) is 9.24. The van der Waals surface area contributed by atoms with Crippen molar-refractivity contribution in [3.05, 3.63) is 41.6 Å². The highest BCUT2D eigenvalue weighted by atomic mass is 16.3. The van der Waals surface area contributed by atoms with Crippen molar-refractivity contribution in [2.45, 2.75) is 26.8 Å². The summed E-state index contributed by atoms with van der Waals surface area (Å²) in [5.41, 5.74) is 1.98. The van der Waals surface area contributed by atoms with Crippen LogP contribution in [-0.4, -0.2) is 23.1 Å². The molecule has 0 bridgehead atoms. The van der Waals surface area contributed by atoms with Crippen molar-refractivity contribution in [1.82, 2.24) is 15.3 Å². The van der Waals surface area contributed by atoms with E-state index in [0.717, 1.165) is 43.2 Å². The second kappa shape index (κ2) is 6.89. The van der Waals surface area contributed by atoms with E-state index in [9.17, 15) is 0 Å². The molecule has 5 heteroatoms. The first kappa shape index (κ1) is 13.5. The van der Waals surface area contributed by atoms with E-state index in [-0.39, 0.29) is 0 Å². The summed E-state index contributed by atoms with van der Waals surface area (Å²) in [5, 5.41) is 6.56. The zero-order chi connectivity index (χ0) is 13.5. The lowest BCUT2D eigenvalue weighted by molar-refractivity contribution is 0.482. The lowest BCUT2D eigenvalue weighted by Gasteiger charge is -2.07. The topological polar surface area (TPSA) is 63.0 Å². The number of hydrogen-bond acceptors (Lipinski definition) is 5. The molecule has 2 heterocycles. The smallest absolute Gasteiger partial charge is 0.223 e. The Balaban J connectivity index is 1.61. The molecule has 2 N–H and O–H groups in total. The van der Waals surface area contributed by atoms with E-state index in [2.05, 4.69) is 20.6 Å². The van der Waals surface area contributed by atoms with Gasteiger partial charge in [-0.1, -0.05) is 0 Å². The van der Waals surface area contributed by atoms with Crippen LogP contribution in [0.15, 0.2) is 28.9 Å². The van der Waals surface area contributed by atoms with Gasteiger partial charge in [-0.2, -0.15) is 0 Å². The van der Waals surface area contributed by atoms with E-state index in [0.29, 0.717) is 5.95 Å². The first-order valence-corrected chi connectivity index (χ1v) is 6.53. The van der Waals surface area contributed by atoms with E-state index in [4.69, 9.17) is 4.42 Å². The molecule has 0 aromatic carbocycles. The quantitative estimate of drug-likeness (QED) is 0.748. The van der Waals surface area contributed by atoms with E-state index in [1.165, 1.54) is 0 Å². The van der Waals surface area contributed by atoms with Crippen molar-refractivity contribution >= 4 is 5.95 Å². The van der Waals surface area contributed by atoms with Crippen LogP contribution in [0.5, 0.6) is 0 Å². The van der Waals surface area contributed by atoms with Gasteiger partial charge in [-0.05, 0) is 45.0 Å². The fourth-order valence-electron chi connectivity index (χ4n) is 1.84. The van der Waals surface area contributed by atoms with Crippen molar-refractivity contribution in [2.24, 2.45) is 0 Å². The summed E-state index contributed by atoms with van der Waals surface area (Å²) in [6, 6.07) is 5.83. The van der Waals surface area contributed by atoms with Gasteiger partial charge in [-0.25, -0.2) is 9.97 Å². The van der Waals surface area contributed by atoms with E-state index >= 15 is 0 Å². The van der Waals surface area contributed by atoms with Crippen LogP contribution in [0.3, 0.4) is 0 Å². The van der Waals surface area contributed by atoms with E-state index in [1.807, 2.05) is 32.0 Å². The van der Waals surface area contributed by atoms with Gasteiger partial charge in [0.15, 0.2) is 0 Å². The molecule has 5 nitrogen and oxygen atoms in total. The monoisotopic (exact) mass is 260 g/mol. The van der Waals surface area contributed by atoms with Gasteiger partial charge in [0.05, 0.1) is 12.8 Å². The third-order valence-corrected chi connectivity index (χ3v) is 2.68. The maximum Gasteiger partial charge on any atom is 0.223 e. The molecule has 0 saturated carbocycles. The molecule has 0 aliphatic rings. The largest absolute Gasteiger partial charge is 0.468 e. The Morgan fingerprint density at radius 1 is 1.16 bits per heavy atom. The summed E-state index contributed by atoms with van der Waals surface area (Å²) in [6.07, 6.45) is 2.70. The molecule has 0 radical (unpaired) electrons. The summed E-state index contributed by atoms with van der Waals surface area (Å²) in [6.45, 7) is 6.51. The number of hydrogen-bond donors (Lipinski definition) is 2. The zero-order valence-corrected chi connectivity index (χ0v) is 11.4. The van der Waals surface area contributed by atoms with Crippen LogP contribution in [0.2, 0.25) is 0 Å². The van der Waals surface area contributed by atoms with Crippen molar-refractivity contribution in [2.75, 3.05) is 18.4 Å². The Bertz CT molecular complexity index is 476. The summed E-state index contributed by atoms with van der Waals surface area (Å²) in [4.78, 5) is 8.67. The molecule has 102 valence electrons. The highest BCUT2D eigenvalue weighted by molar-refractivity contribution is 5.27. The number of aromatic nitrogens is 2. The molecule has 2 aromatic rings. The number of aryl methyl sites for hydroxylation is 2. The lowest BCUT2D eigenvalue weighted by Crippen LogP contribution is -2.18. The minimum atomic E-state index is 0.712. The van der Waals surface area contributed by atoms with Crippen molar-refractivity contribution in [3.63, 3.8) is 0 Å². The molecule has 0 atom stereocenters. The second-order valence-electron chi connectivity index (χ2n) is 4.51. The number of nitrogens with zero attached hydrogens (tertiary/aromatic N) is 2. The Hall–Kier alpha value is -1.88. The van der Waals surface area contributed by atoms with Crippen LogP contribution >= 0.6 is 0 Å². The van der Waals surface area contributed by atoms with Crippen molar-refractivity contribution in [3.8, 4) is 0 Å². The SMILES string of the molecule is Cc1cc(C)nc(NCCCNCc2ccco2)n1. The molecular weight excluding hydrogens is 240 g/mol. The third kappa shape index (κ3) is 4.71. The number of furan rings is 1. The highest BCUT2D eigenvalue weighted by Crippen LogP contribution is 2.03. The van der Waals surface area contributed by atoms with E-state index in [1.54, 1.807) is 6.26 Å². The second-order valence-corrected chi connectivity index (χ2v) is 4.51. The van der Waals surface area contributed by atoms with Gasteiger partial charge in [0.2, 0.25) is 5.95 Å². The van der Waals surface area contributed by atoms with Gasteiger partial charge < -0.3 is 15.1 Å². The molecule has 2 rings (SSSR count). The summed E-state index contributed by atoms with van der Waals surface area (Å²) in [5.74, 6) is 1.68. The molecule has 0 spiro atoms. The maximum atomic E-state index is 5.24. The van der Waals surface area contributed by atoms with Gasteiger partial charge in [0, 0.05) is 17.9 Å². The average molecular weight is 260 g/mol. The summed E-state index contributed by atoms with van der Waals surface area (Å²) < 4.78 is 5.24. The fourth-order valence-corrected chi connectivity index (χ4v) is 1.84. The Kier molecular flexibility index (Phi) is 4.92. The molecule has 19 heavy (non-hydrogen) atoms. The minimum absolute atomic E-state index is 0.712. The minimum Gasteiger partial charge on any atom is -0.468 e. The third-order valence-electron chi connectivity index (χ3n) is 2.68. The number of rotatable bonds is 7. The fraction of sp³-hybridized carbons (Fsp3) is 0.429. The van der Waals surface area contributed by atoms with Crippen LogP contribution in [0.1, 0.15) is 23.6 Å². The molecule has 0 amide bonds. The molecule has 0 fully saturated rings. The molecule has 0 aliphatic carbocycles. The summed E-state index contributed by atoms with van der Waals surface area (Å²) in [7, 11) is 0. The highest BCUT2D eigenvalue weighted by Gasteiger charge is 1.98. The molecule has 2 aromatic heterocycles. The van der Waals surface area contributed by atoms with Crippen LogP contribution in [0, 0.1) is 13.8 Å². The lowest BCUT2D eigenvalue weighted by atomic mass is 10.3. The molecule has 0 aliphatic heterocycles. The maximum absolute atomic E-state index is 5.24. The summed E-state index contributed by atoms with van der Waals surface area (Å²) >= 11 is 0. The first-order valence-electron chi connectivity index (χ1n) is 6.53. The van der Waals surface area contributed by atoms with Gasteiger partial charge in [0.25, 0.3) is 0 Å². The van der Waals surface area contributed by atoms with Crippen molar-refractivity contribution < 1.29 is 4.42 Å². The molecule has 0 saturated heterocycles. The van der Waals surface area contributed by atoms with Gasteiger partial charge in [0.1, 0.15) is 5.76 Å². The normalized spacial score (nSPS) is 10.6. The van der Waals surface area contributed by atoms with E-state index < -0.39 is 0 Å². The predicted molar refractivity (Wildman–Crippen MR) is 75.0 cm³/mol. The molecular formula is C14H20N4O. The van der Waals surface area contributed by atoms with Crippen molar-refractivity contribution in [1.29, 1.82) is 0 Å². The van der Waals surface area contributed by atoms with Crippen LogP contribution < -0.4 is 10.6 Å². The number of nitrogens with one attached hydrogen (secondary N) is 2. The molecule has 0 unspecified atom stereocenters. The Morgan fingerprint density at radius 2 is 1.95 bits per heavy atom. The zero-order valence-electron chi connectivity index (χ0n) is 11.4. The Labute approximate surface area is 113 Å². The van der Waals surface area contributed by atoms with Crippen LogP contribution in [0.25, 0.3) is 0 Å². The van der Waals surface area contributed by atoms with Crippen LogP contribution in [0.4, 0.5) is 5.95 Å². The number of anilines is 1. The van der Waals surface area contributed by atoms with Gasteiger partial charge >= 0.3 is 0 Å². The van der Waals surface area contributed by atoms with Gasteiger partial charge in [-0.3, -0.25) is 0 Å². The Morgan fingerprint density at radius 3 is 2.63 bits per heavy atom. The van der Waals surface area contributed by atoms with Gasteiger partial charge in [-0.15, -0.1) is 0 Å². The predicted octanol–water partition coefficient (Wildman–Crippen LogP) is 2.28. The standard InChI is InChI=1S/C14H20N4O/c1-11-9-12(2)18-14(17-11)16-7-4-6-15-10-13-5-3-8-19-13/h3,5,8-9,15H,4,6-7,10H2,1-2H3,(H,16,17,18).